The average molecular weight is 315 g/mol. The Labute approximate surface area is 129 Å². The molecule has 2 unspecified atom stereocenters. The third kappa shape index (κ3) is 3.73. The van der Waals surface area contributed by atoms with Crippen molar-refractivity contribution in [1.29, 1.82) is 0 Å². The largest absolute Gasteiger partial charge is 0.378 e. The van der Waals surface area contributed by atoms with Crippen LogP contribution in [0.4, 0.5) is 4.39 Å². The van der Waals surface area contributed by atoms with Crippen LogP contribution in [0, 0.1) is 5.82 Å². The number of halogens is 2. The van der Waals surface area contributed by atoms with Gasteiger partial charge >= 0.3 is 0 Å². The second-order valence-electron chi connectivity index (χ2n) is 5.40. The number of carbonyl (C=O) groups excluding carboxylic acids is 1. The molecule has 21 heavy (non-hydrogen) atoms. The van der Waals surface area contributed by atoms with Crippen molar-refractivity contribution in [3.8, 4) is 0 Å². The van der Waals surface area contributed by atoms with Gasteiger partial charge in [-0.2, -0.15) is 0 Å². The second kappa shape index (κ2) is 7.20. The number of carbonyl (C=O) groups is 1. The zero-order valence-electron chi connectivity index (χ0n) is 11.7. The van der Waals surface area contributed by atoms with Crippen molar-refractivity contribution in [3.63, 3.8) is 0 Å². The van der Waals surface area contributed by atoms with Crippen LogP contribution in [-0.2, 0) is 16.0 Å². The van der Waals surface area contributed by atoms with Crippen molar-refractivity contribution in [3.05, 3.63) is 35.1 Å². The molecule has 1 saturated heterocycles. The van der Waals surface area contributed by atoms with Gasteiger partial charge in [-0.25, -0.2) is 4.39 Å². The molecular weight excluding hydrogens is 295 g/mol. The smallest absolute Gasteiger partial charge is 0.222 e. The Morgan fingerprint density at radius 3 is 3.10 bits per heavy atom. The summed E-state index contributed by atoms with van der Waals surface area (Å²) in [7, 11) is 0. The number of morpholine rings is 1. The SMILES string of the molecule is Cl.O=C(CC1COCCN1)NC1CCc2c(F)cccc21. The van der Waals surface area contributed by atoms with E-state index >= 15 is 0 Å². The third-order valence-electron chi connectivity index (χ3n) is 3.98. The number of hydrogen-bond acceptors (Lipinski definition) is 3. The van der Waals surface area contributed by atoms with Crippen molar-refractivity contribution >= 4 is 18.3 Å². The first-order chi connectivity index (χ1) is 9.74. The summed E-state index contributed by atoms with van der Waals surface area (Å²) in [6, 6.07) is 5.11. The predicted octanol–water partition coefficient (Wildman–Crippen LogP) is 1.73. The van der Waals surface area contributed by atoms with Gasteiger partial charge in [-0.05, 0) is 30.0 Å². The molecule has 1 aromatic rings. The Hall–Kier alpha value is -1.17. The predicted molar refractivity (Wildman–Crippen MR) is 80.1 cm³/mol. The van der Waals surface area contributed by atoms with Crippen LogP contribution in [0.2, 0.25) is 0 Å². The van der Waals surface area contributed by atoms with Crippen molar-refractivity contribution in [2.45, 2.75) is 31.3 Å². The molecule has 1 heterocycles. The molecule has 0 radical (unpaired) electrons. The van der Waals surface area contributed by atoms with E-state index in [1.807, 2.05) is 6.07 Å². The summed E-state index contributed by atoms with van der Waals surface area (Å²) in [6.07, 6.45) is 1.87. The monoisotopic (exact) mass is 314 g/mol. The number of ether oxygens (including phenoxy) is 1. The summed E-state index contributed by atoms with van der Waals surface area (Å²) >= 11 is 0. The highest BCUT2D eigenvalue weighted by molar-refractivity contribution is 5.85. The summed E-state index contributed by atoms with van der Waals surface area (Å²) in [4.78, 5) is 12.1. The maximum atomic E-state index is 13.6. The van der Waals surface area contributed by atoms with E-state index in [2.05, 4.69) is 10.6 Å². The van der Waals surface area contributed by atoms with Gasteiger partial charge in [0.05, 0.1) is 19.3 Å². The molecule has 3 rings (SSSR count). The zero-order valence-corrected chi connectivity index (χ0v) is 12.5. The minimum absolute atomic E-state index is 0. The van der Waals surface area contributed by atoms with Crippen molar-refractivity contribution in [1.82, 2.24) is 10.6 Å². The van der Waals surface area contributed by atoms with E-state index in [0.717, 1.165) is 24.1 Å². The highest BCUT2D eigenvalue weighted by Crippen LogP contribution is 2.32. The molecule has 0 saturated carbocycles. The molecule has 6 heteroatoms. The number of benzene rings is 1. The van der Waals surface area contributed by atoms with E-state index in [1.165, 1.54) is 6.07 Å². The van der Waals surface area contributed by atoms with E-state index in [1.54, 1.807) is 6.07 Å². The Kier molecular flexibility index (Phi) is 5.56. The van der Waals surface area contributed by atoms with Crippen molar-refractivity contribution in [2.24, 2.45) is 0 Å². The molecule has 0 aromatic heterocycles. The number of rotatable bonds is 3. The first-order valence-corrected chi connectivity index (χ1v) is 7.12. The first-order valence-electron chi connectivity index (χ1n) is 7.12. The number of hydrogen-bond donors (Lipinski definition) is 2. The van der Waals surface area contributed by atoms with E-state index in [0.29, 0.717) is 26.1 Å². The summed E-state index contributed by atoms with van der Waals surface area (Å²) in [5.74, 6) is -0.170. The van der Waals surface area contributed by atoms with Gasteiger partial charge in [0.25, 0.3) is 0 Å². The molecule has 2 N–H and O–H groups in total. The number of nitrogens with one attached hydrogen (secondary N) is 2. The van der Waals surface area contributed by atoms with E-state index in [4.69, 9.17) is 4.74 Å². The van der Waals surface area contributed by atoms with Crippen LogP contribution in [0.15, 0.2) is 18.2 Å². The molecular formula is C15H20ClFN2O2. The van der Waals surface area contributed by atoms with E-state index < -0.39 is 0 Å². The van der Waals surface area contributed by atoms with Crippen LogP contribution in [-0.4, -0.2) is 31.7 Å². The molecule has 1 amide bonds. The standard InChI is InChI=1S/C15H19FN2O2.ClH/c16-13-3-1-2-12-11(13)4-5-14(12)18-15(19)8-10-9-20-7-6-17-10;/h1-3,10,14,17H,4-9H2,(H,18,19);1H. The van der Waals surface area contributed by atoms with Gasteiger partial charge in [0, 0.05) is 19.0 Å². The average Bonchev–Trinajstić information content (AvgIpc) is 2.84. The minimum atomic E-state index is -0.165. The molecule has 0 spiro atoms. The van der Waals surface area contributed by atoms with E-state index in [9.17, 15) is 9.18 Å². The lowest BCUT2D eigenvalue weighted by Gasteiger charge is -2.24. The maximum Gasteiger partial charge on any atom is 0.222 e. The molecule has 1 fully saturated rings. The van der Waals surface area contributed by atoms with Crippen LogP contribution < -0.4 is 10.6 Å². The van der Waals surface area contributed by atoms with Gasteiger partial charge in [-0.15, -0.1) is 12.4 Å². The molecule has 1 aromatic carbocycles. The van der Waals surface area contributed by atoms with Gasteiger partial charge in [-0.1, -0.05) is 12.1 Å². The molecule has 2 aliphatic rings. The fraction of sp³-hybridized carbons (Fsp3) is 0.533. The Morgan fingerprint density at radius 2 is 2.33 bits per heavy atom. The normalized spacial score (nSPS) is 24.0. The van der Waals surface area contributed by atoms with Crippen molar-refractivity contribution < 1.29 is 13.9 Å². The van der Waals surface area contributed by atoms with Gasteiger partial charge in [-0.3, -0.25) is 4.79 Å². The van der Waals surface area contributed by atoms with Gasteiger partial charge < -0.3 is 15.4 Å². The van der Waals surface area contributed by atoms with Crippen LogP contribution in [0.1, 0.15) is 30.0 Å². The minimum Gasteiger partial charge on any atom is -0.378 e. The third-order valence-corrected chi connectivity index (χ3v) is 3.98. The van der Waals surface area contributed by atoms with Gasteiger partial charge in [0.1, 0.15) is 5.82 Å². The molecule has 2 atom stereocenters. The van der Waals surface area contributed by atoms with Gasteiger partial charge in [0.15, 0.2) is 0 Å². The lowest BCUT2D eigenvalue weighted by atomic mass is 10.1. The summed E-state index contributed by atoms with van der Waals surface area (Å²) < 4.78 is 19.0. The second-order valence-corrected chi connectivity index (χ2v) is 5.40. The maximum absolute atomic E-state index is 13.6. The van der Waals surface area contributed by atoms with Crippen LogP contribution in [0.5, 0.6) is 0 Å². The van der Waals surface area contributed by atoms with Crippen LogP contribution >= 0.6 is 12.4 Å². The zero-order chi connectivity index (χ0) is 13.9. The fourth-order valence-corrected chi connectivity index (χ4v) is 2.99. The molecule has 4 nitrogen and oxygen atoms in total. The molecule has 116 valence electrons. The Morgan fingerprint density at radius 1 is 1.48 bits per heavy atom. The first kappa shape index (κ1) is 16.2. The highest BCUT2D eigenvalue weighted by atomic mass is 35.5. The molecule has 1 aliphatic carbocycles. The highest BCUT2D eigenvalue weighted by Gasteiger charge is 2.27. The number of fused-ring (bicyclic) bond motifs is 1. The Balaban J connectivity index is 0.00000161. The van der Waals surface area contributed by atoms with Crippen LogP contribution in [0.25, 0.3) is 0 Å². The van der Waals surface area contributed by atoms with E-state index in [-0.39, 0.29) is 36.2 Å². The summed E-state index contributed by atoms with van der Waals surface area (Å²) in [5, 5.41) is 6.27. The topological polar surface area (TPSA) is 50.4 Å². The fourth-order valence-electron chi connectivity index (χ4n) is 2.99. The summed E-state index contributed by atoms with van der Waals surface area (Å²) in [5.41, 5.74) is 1.67. The Bertz CT molecular complexity index is 506. The van der Waals surface area contributed by atoms with Gasteiger partial charge in [0.2, 0.25) is 5.91 Å². The lowest BCUT2D eigenvalue weighted by Crippen LogP contribution is -2.44. The molecule has 0 bridgehead atoms. The number of amides is 1. The lowest BCUT2D eigenvalue weighted by molar-refractivity contribution is -0.123. The van der Waals surface area contributed by atoms with Crippen molar-refractivity contribution in [2.75, 3.05) is 19.8 Å². The molecule has 1 aliphatic heterocycles. The van der Waals surface area contributed by atoms with Crippen LogP contribution in [0.3, 0.4) is 0 Å². The summed E-state index contributed by atoms with van der Waals surface area (Å²) in [6.45, 7) is 2.06. The quantitative estimate of drug-likeness (QED) is 0.893.